The van der Waals surface area contributed by atoms with Gasteiger partial charge in [0.25, 0.3) is 5.91 Å². The van der Waals surface area contributed by atoms with Gasteiger partial charge in [0.2, 0.25) is 12.9 Å². The van der Waals surface area contributed by atoms with Crippen LogP contribution in [0.25, 0.3) is 0 Å². The Bertz CT molecular complexity index is 776. The number of nitrogens with one attached hydrogen (secondary N) is 1. The van der Waals surface area contributed by atoms with Gasteiger partial charge in [0.05, 0.1) is 12.3 Å². The minimum absolute atomic E-state index is 0.172. The highest BCUT2D eigenvalue weighted by Gasteiger charge is 2.28. The van der Waals surface area contributed by atoms with Crippen molar-refractivity contribution in [3.8, 4) is 11.5 Å². The second-order valence-corrected chi connectivity index (χ2v) is 6.44. The lowest BCUT2D eigenvalue weighted by Gasteiger charge is -2.08. The van der Waals surface area contributed by atoms with E-state index < -0.39 is 6.10 Å². The molecule has 2 aromatic rings. The SMILES string of the molecule is O=C(NCc1nccs1)C1CC(Cc2ccc3c(c2)OCO3)=NO1. The predicted octanol–water partition coefficient (Wildman–Crippen LogP) is 1.88. The van der Waals surface area contributed by atoms with E-state index in [9.17, 15) is 4.79 Å². The van der Waals surface area contributed by atoms with Crippen molar-refractivity contribution in [3.63, 3.8) is 0 Å². The first-order chi connectivity index (χ1) is 11.8. The van der Waals surface area contributed by atoms with E-state index >= 15 is 0 Å². The molecule has 124 valence electrons. The van der Waals surface area contributed by atoms with Gasteiger partial charge in [-0.2, -0.15) is 0 Å². The summed E-state index contributed by atoms with van der Waals surface area (Å²) in [5.74, 6) is 1.32. The smallest absolute Gasteiger partial charge is 0.264 e. The lowest BCUT2D eigenvalue weighted by Crippen LogP contribution is -2.34. The number of thiazole rings is 1. The molecular formula is C16H15N3O4S. The average molecular weight is 345 g/mol. The summed E-state index contributed by atoms with van der Waals surface area (Å²) >= 11 is 1.50. The Kier molecular flexibility index (Phi) is 4.04. The van der Waals surface area contributed by atoms with Crippen molar-refractivity contribution in [1.29, 1.82) is 0 Å². The summed E-state index contributed by atoms with van der Waals surface area (Å²) in [4.78, 5) is 21.5. The van der Waals surface area contributed by atoms with Crippen LogP contribution in [0, 0.1) is 0 Å². The van der Waals surface area contributed by atoms with Gasteiger partial charge in [0.1, 0.15) is 5.01 Å². The largest absolute Gasteiger partial charge is 0.454 e. The fourth-order valence-corrected chi connectivity index (χ4v) is 3.13. The molecule has 1 aromatic heterocycles. The lowest BCUT2D eigenvalue weighted by atomic mass is 10.0. The normalized spacial score (nSPS) is 18.2. The summed E-state index contributed by atoms with van der Waals surface area (Å²) < 4.78 is 10.7. The highest BCUT2D eigenvalue weighted by Crippen LogP contribution is 2.33. The van der Waals surface area contributed by atoms with Crippen LogP contribution in [0.4, 0.5) is 0 Å². The zero-order valence-electron chi connectivity index (χ0n) is 12.7. The van der Waals surface area contributed by atoms with Crippen LogP contribution in [0.1, 0.15) is 17.0 Å². The van der Waals surface area contributed by atoms with Crippen molar-refractivity contribution in [2.45, 2.75) is 25.5 Å². The van der Waals surface area contributed by atoms with E-state index in [1.54, 1.807) is 6.20 Å². The van der Waals surface area contributed by atoms with Gasteiger partial charge < -0.3 is 19.6 Å². The molecule has 0 saturated carbocycles. The topological polar surface area (TPSA) is 82.0 Å². The molecule has 2 aliphatic rings. The number of oxime groups is 1. The number of benzene rings is 1. The van der Waals surface area contributed by atoms with Gasteiger partial charge in [0.15, 0.2) is 11.5 Å². The third kappa shape index (κ3) is 3.18. The highest BCUT2D eigenvalue weighted by molar-refractivity contribution is 7.09. The van der Waals surface area contributed by atoms with Crippen molar-refractivity contribution in [2.24, 2.45) is 5.16 Å². The Morgan fingerprint density at radius 3 is 3.12 bits per heavy atom. The van der Waals surface area contributed by atoms with Gasteiger partial charge in [-0.15, -0.1) is 11.3 Å². The maximum absolute atomic E-state index is 12.1. The van der Waals surface area contributed by atoms with Crippen molar-refractivity contribution < 1.29 is 19.1 Å². The van der Waals surface area contributed by atoms with Gasteiger partial charge in [-0.1, -0.05) is 11.2 Å². The molecule has 0 fully saturated rings. The minimum Gasteiger partial charge on any atom is -0.454 e. The van der Waals surface area contributed by atoms with Crippen molar-refractivity contribution in [3.05, 3.63) is 40.3 Å². The van der Waals surface area contributed by atoms with Gasteiger partial charge in [-0.3, -0.25) is 4.79 Å². The average Bonchev–Trinajstić information content (AvgIpc) is 3.33. The van der Waals surface area contributed by atoms with Crippen LogP contribution in [0.3, 0.4) is 0 Å². The molecule has 1 amide bonds. The molecule has 4 rings (SSSR count). The highest BCUT2D eigenvalue weighted by atomic mass is 32.1. The first-order valence-electron chi connectivity index (χ1n) is 7.54. The fraction of sp³-hybridized carbons (Fsp3) is 0.312. The van der Waals surface area contributed by atoms with E-state index in [-0.39, 0.29) is 12.7 Å². The molecular weight excluding hydrogens is 330 g/mol. The first kappa shape index (κ1) is 14.9. The fourth-order valence-electron chi connectivity index (χ4n) is 2.58. The molecule has 0 saturated heterocycles. The van der Waals surface area contributed by atoms with Gasteiger partial charge in [0, 0.05) is 24.4 Å². The monoisotopic (exact) mass is 345 g/mol. The van der Waals surface area contributed by atoms with Crippen molar-refractivity contribution in [1.82, 2.24) is 10.3 Å². The van der Waals surface area contributed by atoms with Crippen LogP contribution in [0.15, 0.2) is 34.9 Å². The number of aromatic nitrogens is 1. The van der Waals surface area contributed by atoms with E-state index in [4.69, 9.17) is 14.3 Å². The van der Waals surface area contributed by atoms with Crippen LogP contribution in [-0.2, 0) is 22.6 Å². The number of nitrogens with zero attached hydrogens (tertiary/aromatic N) is 2. The van der Waals surface area contributed by atoms with E-state index in [1.807, 2.05) is 23.6 Å². The summed E-state index contributed by atoms with van der Waals surface area (Å²) in [6, 6.07) is 5.78. The molecule has 0 bridgehead atoms. The van der Waals surface area contributed by atoms with E-state index in [0.717, 1.165) is 27.8 Å². The lowest BCUT2D eigenvalue weighted by molar-refractivity contribution is -0.131. The number of ether oxygens (including phenoxy) is 2. The third-order valence-electron chi connectivity index (χ3n) is 3.76. The number of carbonyl (C=O) groups is 1. The minimum atomic E-state index is -0.575. The van der Waals surface area contributed by atoms with Crippen LogP contribution in [0.5, 0.6) is 11.5 Å². The standard InChI is InChI=1S/C16H15N3O4S/c20-16(18-8-15-17-3-4-24-15)14-7-11(19-23-14)5-10-1-2-12-13(6-10)22-9-21-12/h1-4,6,14H,5,7-9H2,(H,18,20). The molecule has 1 aromatic carbocycles. The summed E-state index contributed by atoms with van der Waals surface area (Å²) in [5, 5.41) is 9.60. The van der Waals surface area contributed by atoms with Gasteiger partial charge >= 0.3 is 0 Å². The summed E-state index contributed by atoms with van der Waals surface area (Å²) in [7, 11) is 0. The van der Waals surface area contributed by atoms with E-state index in [1.165, 1.54) is 11.3 Å². The van der Waals surface area contributed by atoms with Crippen LogP contribution in [-0.4, -0.2) is 29.5 Å². The predicted molar refractivity (Wildman–Crippen MR) is 87.2 cm³/mol. The molecule has 0 spiro atoms. The molecule has 3 heterocycles. The molecule has 8 heteroatoms. The molecule has 0 aliphatic carbocycles. The molecule has 7 nitrogen and oxygen atoms in total. The number of hydrogen-bond donors (Lipinski definition) is 1. The third-order valence-corrected chi connectivity index (χ3v) is 4.54. The van der Waals surface area contributed by atoms with Crippen LogP contribution >= 0.6 is 11.3 Å². The molecule has 24 heavy (non-hydrogen) atoms. The number of rotatable bonds is 5. The van der Waals surface area contributed by atoms with E-state index in [2.05, 4.69) is 15.5 Å². The Balaban J connectivity index is 1.30. The molecule has 1 unspecified atom stereocenters. The van der Waals surface area contributed by atoms with E-state index in [0.29, 0.717) is 19.4 Å². The van der Waals surface area contributed by atoms with Crippen molar-refractivity contribution >= 4 is 23.0 Å². The molecule has 2 aliphatic heterocycles. The summed E-state index contributed by atoms with van der Waals surface area (Å²) in [6.45, 7) is 0.665. The summed E-state index contributed by atoms with van der Waals surface area (Å²) in [5.41, 5.74) is 1.88. The number of amides is 1. The number of fused-ring (bicyclic) bond motifs is 1. The second kappa shape index (κ2) is 6.48. The summed E-state index contributed by atoms with van der Waals surface area (Å²) in [6.07, 6.45) is 2.24. The first-order valence-corrected chi connectivity index (χ1v) is 8.42. The molecule has 1 atom stereocenters. The number of carbonyl (C=O) groups excluding carboxylic acids is 1. The zero-order valence-corrected chi connectivity index (χ0v) is 13.5. The van der Waals surface area contributed by atoms with Gasteiger partial charge in [-0.05, 0) is 17.7 Å². The maximum Gasteiger partial charge on any atom is 0.264 e. The van der Waals surface area contributed by atoms with Crippen LogP contribution in [0.2, 0.25) is 0 Å². The second-order valence-electron chi connectivity index (χ2n) is 5.46. The quantitative estimate of drug-likeness (QED) is 0.895. The Labute approximate surface area is 142 Å². The van der Waals surface area contributed by atoms with Crippen LogP contribution < -0.4 is 14.8 Å². The Morgan fingerprint density at radius 1 is 1.33 bits per heavy atom. The molecule has 0 radical (unpaired) electrons. The Morgan fingerprint density at radius 2 is 2.25 bits per heavy atom. The Hall–Kier alpha value is -2.61. The zero-order chi connectivity index (χ0) is 16.4. The number of hydrogen-bond acceptors (Lipinski definition) is 7. The van der Waals surface area contributed by atoms with Gasteiger partial charge in [-0.25, -0.2) is 4.98 Å². The van der Waals surface area contributed by atoms with Crippen molar-refractivity contribution in [2.75, 3.05) is 6.79 Å². The molecule has 1 N–H and O–H groups in total. The maximum atomic E-state index is 12.1.